The van der Waals surface area contributed by atoms with Crippen LogP contribution in [0.4, 0.5) is 0 Å². The van der Waals surface area contributed by atoms with Gasteiger partial charge >= 0.3 is 0 Å². The zero-order valence-electron chi connectivity index (χ0n) is 7.97. The molecule has 0 unspecified atom stereocenters. The lowest BCUT2D eigenvalue weighted by Crippen LogP contribution is -1.95. The largest absolute Gasteiger partial charge is 0.310 e. The van der Waals surface area contributed by atoms with Crippen molar-refractivity contribution in [2.45, 2.75) is 25.8 Å². The lowest BCUT2D eigenvalue weighted by atomic mass is 10.3. The van der Waals surface area contributed by atoms with Crippen molar-refractivity contribution < 1.29 is 0 Å². The van der Waals surface area contributed by atoms with E-state index in [1.807, 2.05) is 6.33 Å². The van der Waals surface area contributed by atoms with Crippen LogP contribution in [0, 0.1) is 6.92 Å². The lowest BCUT2D eigenvalue weighted by molar-refractivity contribution is 0.747. The Balaban J connectivity index is 2.11. The molecule has 0 bridgehead atoms. The Morgan fingerprint density at radius 1 is 1.50 bits per heavy atom. The smallest absolute Gasteiger partial charge is 0.174 e. The molecule has 1 fully saturated rings. The van der Waals surface area contributed by atoms with Crippen molar-refractivity contribution in [2.24, 2.45) is 0 Å². The van der Waals surface area contributed by atoms with Gasteiger partial charge in [0.15, 0.2) is 5.82 Å². The predicted octanol–water partition coefficient (Wildman–Crippen LogP) is 2.65. The highest BCUT2D eigenvalue weighted by molar-refractivity contribution is 7.13. The van der Waals surface area contributed by atoms with E-state index in [1.165, 1.54) is 23.3 Å². The highest BCUT2D eigenvalue weighted by Gasteiger charge is 2.27. The van der Waals surface area contributed by atoms with E-state index in [4.69, 9.17) is 0 Å². The molecule has 0 amide bonds. The molecule has 2 aromatic heterocycles. The lowest BCUT2D eigenvalue weighted by Gasteiger charge is -2.02. The number of hydrogen-bond acceptors (Lipinski definition) is 3. The van der Waals surface area contributed by atoms with Crippen molar-refractivity contribution in [3.8, 4) is 10.7 Å². The molecule has 4 heteroatoms. The number of rotatable bonds is 2. The van der Waals surface area contributed by atoms with E-state index in [-0.39, 0.29) is 0 Å². The van der Waals surface area contributed by atoms with Gasteiger partial charge < -0.3 is 4.57 Å². The topological polar surface area (TPSA) is 30.7 Å². The molecule has 0 atom stereocenters. The normalized spacial score (nSPS) is 16.1. The van der Waals surface area contributed by atoms with Crippen LogP contribution in [-0.2, 0) is 0 Å². The quantitative estimate of drug-likeness (QED) is 0.754. The van der Waals surface area contributed by atoms with Gasteiger partial charge in [0, 0.05) is 6.04 Å². The van der Waals surface area contributed by atoms with Crippen LogP contribution < -0.4 is 0 Å². The third-order valence-corrected chi connectivity index (χ3v) is 3.59. The third-order valence-electron chi connectivity index (χ3n) is 2.58. The van der Waals surface area contributed by atoms with E-state index < -0.39 is 0 Å². The van der Waals surface area contributed by atoms with Gasteiger partial charge in [-0.2, -0.15) is 0 Å². The van der Waals surface area contributed by atoms with E-state index in [2.05, 4.69) is 33.1 Å². The Morgan fingerprint density at radius 2 is 2.36 bits per heavy atom. The van der Waals surface area contributed by atoms with Crippen molar-refractivity contribution >= 4 is 11.3 Å². The van der Waals surface area contributed by atoms with Gasteiger partial charge in [-0.25, -0.2) is 0 Å². The minimum atomic E-state index is 0.654. The van der Waals surface area contributed by atoms with E-state index in [0.29, 0.717) is 6.04 Å². The fourth-order valence-electron chi connectivity index (χ4n) is 1.63. The van der Waals surface area contributed by atoms with E-state index in [1.54, 1.807) is 11.3 Å². The van der Waals surface area contributed by atoms with E-state index >= 15 is 0 Å². The standard InChI is InChI=1S/C10H11N3S/c1-7-4-5-14-9(7)10-12-11-6-13(10)8-2-3-8/h4-6,8H,2-3H2,1H3. The summed E-state index contributed by atoms with van der Waals surface area (Å²) in [6, 6.07) is 2.79. The molecule has 3 nitrogen and oxygen atoms in total. The summed E-state index contributed by atoms with van der Waals surface area (Å²) in [6.07, 6.45) is 4.40. The fraction of sp³-hybridized carbons (Fsp3) is 0.400. The molecule has 3 rings (SSSR count). The molecule has 1 aliphatic carbocycles. The second-order valence-corrected chi connectivity index (χ2v) is 4.64. The van der Waals surface area contributed by atoms with Crippen LogP contribution in [0.2, 0.25) is 0 Å². The predicted molar refractivity (Wildman–Crippen MR) is 56.3 cm³/mol. The Hall–Kier alpha value is -1.16. The van der Waals surface area contributed by atoms with Crippen LogP contribution in [0.1, 0.15) is 24.4 Å². The first kappa shape index (κ1) is 8.17. The summed E-state index contributed by atoms with van der Waals surface area (Å²) in [5.74, 6) is 1.04. The molecule has 1 aliphatic rings. The van der Waals surface area contributed by atoms with E-state index in [9.17, 15) is 0 Å². The fourth-order valence-corrected chi connectivity index (χ4v) is 2.54. The molecule has 0 aromatic carbocycles. The van der Waals surface area contributed by atoms with Gasteiger partial charge in [0.25, 0.3) is 0 Å². The van der Waals surface area contributed by atoms with Crippen molar-refractivity contribution in [3.63, 3.8) is 0 Å². The molecule has 14 heavy (non-hydrogen) atoms. The van der Waals surface area contributed by atoms with Crippen molar-refractivity contribution in [2.75, 3.05) is 0 Å². The highest BCUT2D eigenvalue weighted by atomic mass is 32.1. The maximum Gasteiger partial charge on any atom is 0.174 e. The third kappa shape index (κ3) is 1.18. The molecule has 2 aromatic rings. The van der Waals surface area contributed by atoms with Crippen LogP contribution in [-0.4, -0.2) is 14.8 Å². The van der Waals surface area contributed by atoms with Crippen LogP contribution in [0.5, 0.6) is 0 Å². The second-order valence-electron chi connectivity index (χ2n) is 3.73. The number of thiophene rings is 1. The molecule has 0 spiro atoms. The molecule has 0 saturated heterocycles. The molecule has 0 radical (unpaired) electrons. The molecule has 0 aliphatic heterocycles. The summed E-state index contributed by atoms with van der Waals surface area (Å²) in [4.78, 5) is 1.26. The molecule has 72 valence electrons. The molecule has 0 N–H and O–H groups in total. The average molecular weight is 205 g/mol. The second kappa shape index (κ2) is 2.92. The average Bonchev–Trinajstić information content (AvgIpc) is 2.75. The summed E-state index contributed by atoms with van der Waals surface area (Å²) in [6.45, 7) is 2.12. The summed E-state index contributed by atoms with van der Waals surface area (Å²) >= 11 is 1.74. The van der Waals surface area contributed by atoms with Crippen LogP contribution in [0.25, 0.3) is 10.7 Å². The number of nitrogens with zero attached hydrogens (tertiary/aromatic N) is 3. The summed E-state index contributed by atoms with van der Waals surface area (Å²) < 4.78 is 2.21. The Labute approximate surface area is 86.4 Å². The maximum atomic E-state index is 4.20. The Bertz CT molecular complexity index is 453. The van der Waals surface area contributed by atoms with Crippen molar-refractivity contribution in [1.82, 2.24) is 14.8 Å². The van der Waals surface area contributed by atoms with Crippen LogP contribution >= 0.6 is 11.3 Å². The molecular weight excluding hydrogens is 194 g/mol. The summed E-state index contributed by atoms with van der Waals surface area (Å²) in [5, 5.41) is 10.3. The van der Waals surface area contributed by atoms with Gasteiger partial charge in [-0.3, -0.25) is 0 Å². The van der Waals surface area contributed by atoms with Gasteiger partial charge in [0.05, 0.1) is 4.88 Å². The first-order valence-corrected chi connectivity index (χ1v) is 5.68. The monoisotopic (exact) mass is 205 g/mol. The molecule has 2 heterocycles. The summed E-state index contributed by atoms with van der Waals surface area (Å²) in [7, 11) is 0. The van der Waals surface area contributed by atoms with Crippen molar-refractivity contribution in [3.05, 3.63) is 23.3 Å². The molecular formula is C10H11N3S. The van der Waals surface area contributed by atoms with E-state index in [0.717, 1.165) is 5.82 Å². The van der Waals surface area contributed by atoms with Crippen molar-refractivity contribution in [1.29, 1.82) is 0 Å². The van der Waals surface area contributed by atoms with Gasteiger partial charge in [-0.15, -0.1) is 21.5 Å². The number of aryl methyl sites for hydroxylation is 1. The van der Waals surface area contributed by atoms with Gasteiger partial charge in [-0.05, 0) is 36.8 Å². The molecule has 1 saturated carbocycles. The van der Waals surface area contributed by atoms with Gasteiger partial charge in [-0.1, -0.05) is 0 Å². The Morgan fingerprint density at radius 3 is 3.00 bits per heavy atom. The first-order chi connectivity index (χ1) is 6.86. The zero-order valence-corrected chi connectivity index (χ0v) is 8.79. The Kier molecular flexibility index (Phi) is 1.70. The maximum absolute atomic E-state index is 4.20. The number of aromatic nitrogens is 3. The highest BCUT2D eigenvalue weighted by Crippen LogP contribution is 2.39. The minimum Gasteiger partial charge on any atom is -0.310 e. The van der Waals surface area contributed by atoms with Crippen LogP contribution in [0.15, 0.2) is 17.8 Å². The van der Waals surface area contributed by atoms with Gasteiger partial charge in [0.2, 0.25) is 0 Å². The zero-order chi connectivity index (χ0) is 9.54. The summed E-state index contributed by atoms with van der Waals surface area (Å²) in [5.41, 5.74) is 1.30. The van der Waals surface area contributed by atoms with Crippen LogP contribution in [0.3, 0.4) is 0 Å². The number of hydrogen-bond donors (Lipinski definition) is 0. The first-order valence-electron chi connectivity index (χ1n) is 4.80. The minimum absolute atomic E-state index is 0.654. The SMILES string of the molecule is Cc1ccsc1-c1nncn1C1CC1. The van der Waals surface area contributed by atoms with Gasteiger partial charge in [0.1, 0.15) is 6.33 Å².